The van der Waals surface area contributed by atoms with Crippen LogP contribution in [0.2, 0.25) is 5.02 Å². The van der Waals surface area contributed by atoms with E-state index in [0.29, 0.717) is 0 Å². The molecule has 1 N–H and O–H groups in total. The van der Waals surface area contributed by atoms with Gasteiger partial charge in [0.2, 0.25) is 0 Å². The van der Waals surface area contributed by atoms with Gasteiger partial charge in [-0.25, -0.2) is 0 Å². The normalized spacial score (nSPS) is 10.7. The molecule has 1 nitrogen and oxygen atoms in total. The SMILES string of the molecule is CNCc1ccc(Cl)cc1-c1sccc1Br. The molecule has 1 heterocycles. The summed E-state index contributed by atoms with van der Waals surface area (Å²) in [4.78, 5) is 1.23. The number of thiophene rings is 1. The Kier molecular flexibility index (Phi) is 4.03. The number of benzene rings is 1. The minimum Gasteiger partial charge on any atom is -0.316 e. The van der Waals surface area contributed by atoms with Crippen LogP contribution in [0.15, 0.2) is 34.1 Å². The molecule has 2 aromatic rings. The topological polar surface area (TPSA) is 12.0 Å². The van der Waals surface area contributed by atoms with E-state index in [1.54, 1.807) is 11.3 Å². The molecule has 0 saturated carbocycles. The summed E-state index contributed by atoms with van der Waals surface area (Å²) < 4.78 is 1.12. The summed E-state index contributed by atoms with van der Waals surface area (Å²) >= 11 is 11.3. The number of hydrogen-bond donors (Lipinski definition) is 1. The molecule has 1 aromatic carbocycles. The van der Waals surface area contributed by atoms with E-state index in [-0.39, 0.29) is 0 Å². The highest BCUT2D eigenvalue weighted by Crippen LogP contribution is 2.36. The largest absolute Gasteiger partial charge is 0.316 e. The van der Waals surface area contributed by atoms with Crippen molar-refractivity contribution in [2.24, 2.45) is 0 Å². The Morgan fingerprint density at radius 2 is 2.19 bits per heavy atom. The first-order chi connectivity index (χ1) is 7.72. The maximum absolute atomic E-state index is 6.06. The highest BCUT2D eigenvalue weighted by Gasteiger charge is 2.10. The molecule has 0 amide bonds. The average molecular weight is 317 g/mol. The van der Waals surface area contributed by atoms with Crippen LogP contribution in [0.1, 0.15) is 5.56 Å². The van der Waals surface area contributed by atoms with Crippen LogP contribution < -0.4 is 5.32 Å². The smallest absolute Gasteiger partial charge is 0.0488 e. The van der Waals surface area contributed by atoms with Crippen molar-refractivity contribution in [3.8, 4) is 10.4 Å². The van der Waals surface area contributed by atoms with Crippen LogP contribution in [0.3, 0.4) is 0 Å². The molecule has 0 spiro atoms. The van der Waals surface area contributed by atoms with Gasteiger partial charge < -0.3 is 5.32 Å². The maximum atomic E-state index is 6.06. The molecule has 4 heteroatoms. The highest BCUT2D eigenvalue weighted by atomic mass is 79.9. The third kappa shape index (κ3) is 2.48. The molecule has 0 unspecified atom stereocenters. The fourth-order valence-electron chi connectivity index (χ4n) is 1.59. The maximum Gasteiger partial charge on any atom is 0.0488 e. The molecule has 0 aliphatic heterocycles. The van der Waals surface area contributed by atoms with Crippen molar-refractivity contribution in [2.75, 3.05) is 7.05 Å². The zero-order chi connectivity index (χ0) is 11.5. The number of hydrogen-bond acceptors (Lipinski definition) is 2. The van der Waals surface area contributed by atoms with E-state index in [1.165, 1.54) is 16.0 Å². The Morgan fingerprint density at radius 3 is 2.81 bits per heavy atom. The minimum atomic E-state index is 0.773. The predicted octanol–water partition coefficient (Wildman–Crippen LogP) is 4.55. The predicted molar refractivity (Wildman–Crippen MR) is 75.2 cm³/mol. The summed E-state index contributed by atoms with van der Waals surface area (Å²) in [7, 11) is 1.95. The molecule has 0 fully saturated rings. The van der Waals surface area contributed by atoms with E-state index >= 15 is 0 Å². The molecule has 0 atom stereocenters. The van der Waals surface area contributed by atoms with Crippen LogP contribution in [-0.4, -0.2) is 7.05 Å². The second kappa shape index (κ2) is 5.32. The van der Waals surface area contributed by atoms with Gasteiger partial charge in [-0.15, -0.1) is 11.3 Å². The lowest BCUT2D eigenvalue weighted by Crippen LogP contribution is -2.06. The van der Waals surface area contributed by atoms with Crippen molar-refractivity contribution in [1.82, 2.24) is 5.32 Å². The Morgan fingerprint density at radius 1 is 1.38 bits per heavy atom. The molecule has 16 heavy (non-hydrogen) atoms. The van der Waals surface area contributed by atoms with Crippen LogP contribution in [0, 0.1) is 0 Å². The fourth-order valence-corrected chi connectivity index (χ4v) is 3.40. The minimum absolute atomic E-state index is 0.773. The van der Waals surface area contributed by atoms with E-state index in [1.807, 2.05) is 19.2 Å². The van der Waals surface area contributed by atoms with Crippen LogP contribution in [0.25, 0.3) is 10.4 Å². The third-order valence-electron chi connectivity index (χ3n) is 2.30. The molecule has 0 aliphatic carbocycles. The van der Waals surface area contributed by atoms with Crippen LogP contribution in [-0.2, 0) is 6.54 Å². The van der Waals surface area contributed by atoms with Gasteiger partial charge in [-0.1, -0.05) is 17.7 Å². The van der Waals surface area contributed by atoms with E-state index in [2.05, 4.69) is 38.8 Å². The van der Waals surface area contributed by atoms with Gasteiger partial charge in [0.1, 0.15) is 0 Å². The summed E-state index contributed by atoms with van der Waals surface area (Å²) in [5.41, 5.74) is 2.46. The van der Waals surface area contributed by atoms with Gasteiger partial charge in [-0.3, -0.25) is 0 Å². The van der Waals surface area contributed by atoms with Crippen molar-refractivity contribution in [2.45, 2.75) is 6.54 Å². The van der Waals surface area contributed by atoms with Gasteiger partial charge >= 0.3 is 0 Å². The number of rotatable bonds is 3. The Hall–Kier alpha value is -0.350. The van der Waals surface area contributed by atoms with Crippen molar-refractivity contribution in [3.05, 3.63) is 44.7 Å². The van der Waals surface area contributed by atoms with Crippen LogP contribution in [0.5, 0.6) is 0 Å². The summed E-state index contributed by atoms with van der Waals surface area (Å²) in [5, 5.41) is 6.02. The standard InChI is InChI=1S/C12H11BrClNS/c1-15-7-8-2-3-9(14)6-10(8)12-11(13)4-5-16-12/h2-6,15H,7H2,1H3. The van der Waals surface area contributed by atoms with E-state index in [0.717, 1.165) is 16.0 Å². The molecule has 0 bridgehead atoms. The first kappa shape index (κ1) is 12.1. The van der Waals surface area contributed by atoms with Gasteiger partial charge in [-0.05, 0) is 57.7 Å². The zero-order valence-electron chi connectivity index (χ0n) is 8.76. The third-order valence-corrected chi connectivity index (χ3v) is 4.41. The molecule has 0 saturated heterocycles. The van der Waals surface area contributed by atoms with Crippen molar-refractivity contribution >= 4 is 38.9 Å². The second-order valence-corrected chi connectivity index (χ2v) is 5.64. The van der Waals surface area contributed by atoms with Crippen molar-refractivity contribution in [3.63, 3.8) is 0 Å². The summed E-state index contributed by atoms with van der Waals surface area (Å²) in [5.74, 6) is 0. The van der Waals surface area contributed by atoms with Crippen molar-refractivity contribution in [1.29, 1.82) is 0 Å². The molecule has 84 valence electrons. The summed E-state index contributed by atoms with van der Waals surface area (Å²) in [6.07, 6.45) is 0. The number of halogens is 2. The lowest BCUT2D eigenvalue weighted by molar-refractivity contribution is 0.819. The van der Waals surface area contributed by atoms with Gasteiger partial charge in [0.25, 0.3) is 0 Å². The lowest BCUT2D eigenvalue weighted by Gasteiger charge is -2.08. The van der Waals surface area contributed by atoms with E-state index < -0.39 is 0 Å². The van der Waals surface area contributed by atoms with Crippen LogP contribution in [0.4, 0.5) is 0 Å². The lowest BCUT2D eigenvalue weighted by atomic mass is 10.1. The van der Waals surface area contributed by atoms with Crippen molar-refractivity contribution < 1.29 is 0 Å². The molecule has 1 aromatic heterocycles. The van der Waals surface area contributed by atoms with Gasteiger partial charge in [0.05, 0.1) is 0 Å². The van der Waals surface area contributed by atoms with Gasteiger partial charge in [0.15, 0.2) is 0 Å². The summed E-state index contributed by atoms with van der Waals surface area (Å²) in [6, 6.07) is 8.08. The zero-order valence-corrected chi connectivity index (χ0v) is 11.9. The van der Waals surface area contributed by atoms with Gasteiger partial charge in [0, 0.05) is 20.9 Å². The summed E-state index contributed by atoms with van der Waals surface area (Å²) in [6.45, 7) is 0.844. The number of nitrogens with one attached hydrogen (secondary N) is 1. The highest BCUT2D eigenvalue weighted by molar-refractivity contribution is 9.10. The van der Waals surface area contributed by atoms with E-state index in [9.17, 15) is 0 Å². The van der Waals surface area contributed by atoms with Crippen LogP contribution >= 0.6 is 38.9 Å². The van der Waals surface area contributed by atoms with Gasteiger partial charge in [-0.2, -0.15) is 0 Å². The second-order valence-electron chi connectivity index (χ2n) is 3.43. The Bertz CT molecular complexity index is 496. The van der Waals surface area contributed by atoms with E-state index in [4.69, 9.17) is 11.6 Å². The molecular weight excluding hydrogens is 306 g/mol. The first-order valence-corrected chi connectivity index (χ1v) is 6.94. The quantitative estimate of drug-likeness (QED) is 0.876. The molecule has 2 rings (SSSR count). The Labute approximate surface area is 113 Å². The molecule has 0 radical (unpaired) electrons. The average Bonchev–Trinajstić information content (AvgIpc) is 2.67. The first-order valence-electron chi connectivity index (χ1n) is 4.88. The monoisotopic (exact) mass is 315 g/mol. The molecular formula is C12H11BrClNS. The Balaban J connectivity index is 2.53. The fraction of sp³-hybridized carbons (Fsp3) is 0.167. The molecule has 0 aliphatic rings.